The zero-order valence-electron chi connectivity index (χ0n) is 11.4. The summed E-state index contributed by atoms with van der Waals surface area (Å²) in [6, 6.07) is 17.1. The predicted octanol–water partition coefficient (Wildman–Crippen LogP) is 4.33. The van der Waals surface area contributed by atoms with Gasteiger partial charge in [-0.05, 0) is 24.3 Å². The molecule has 1 amide bonds. The van der Waals surface area contributed by atoms with Crippen LogP contribution in [0.3, 0.4) is 0 Å². The Morgan fingerprint density at radius 1 is 1.05 bits per heavy atom. The van der Waals surface area contributed by atoms with Crippen LogP contribution in [-0.4, -0.2) is 10.9 Å². The average Bonchev–Trinajstić information content (AvgIpc) is 3.03. The summed E-state index contributed by atoms with van der Waals surface area (Å²) in [6.45, 7) is 0. The molecule has 0 unspecified atom stereocenters. The Bertz CT molecular complexity index is 772. The molecular weight excluding hydrogens is 362 g/mol. The molecule has 110 valence electrons. The van der Waals surface area contributed by atoms with Gasteiger partial charge in [-0.2, -0.15) is 0 Å². The first-order valence-electron chi connectivity index (χ1n) is 6.55. The van der Waals surface area contributed by atoms with Crippen LogP contribution in [0.5, 0.6) is 0 Å². The summed E-state index contributed by atoms with van der Waals surface area (Å²) < 4.78 is 0.935. The maximum absolute atomic E-state index is 12.0. The smallest absolute Gasteiger partial charge is 0.269 e. The fourth-order valence-electron chi connectivity index (χ4n) is 1.86. The molecule has 22 heavy (non-hydrogen) atoms. The molecule has 0 radical (unpaired) electrons. The third kappa shape index (κ3) is 3.52. The molecule has 2 aromatic carbocycles. The maximum Gasteiger partial charge on any atom is 0.269 e. The second-order valence-corrected chi connectivity index (χ2v) is 6.26. The minimum atomic E-state index is -0.205. The van der Waals surface area contributed by atoms with Crippen molar-refractivity contribution in [2.24, 2.45) is 0 Å². The number of thiazole rings is 1. The summed E-state index contributed by atoms with van der Waals surface area (Å²) in [6.07, 6.45) is 0. The van der Waals surface area contributed by atoms with Crippen LogP contribution in [0, 0.1) is 0 Å². The van der Waals surface area contributed by atoms with Crippen molar-refractivity contribution in [3.63, 3.8) is 0 Å². The molecule has 6 heteroatoms. The van der Waals surface area contributed by atoms with Gasteiger partial charge in [0, 0.05) is 21.0 Å². The zero-order valence-corrected chi connectivity index (χ0v) is 13.8. The first kappa shape index (κ1) is 14.7. The quantitative estimate of drug-likeness (QED) is 0.669. The van der Waals surface area contributed by atoms with E-state index in [9.17, 15) is 4.79 Å². The van der Waals surface area contributed by atoms with Crippen LogP contribution in [0.1, 0.15) is 10.4 Å². The largest absolute Gasteiger partial charge is 0.273 e. The standard InChI is InChI=1S/C16H12BrN3OS/c17-13-8-6-12(7-9-13)15(21)19-20-16-18-14(10-22-16)11-4-2-1-3-5-11/h1-10H,(H,18,20)(H,19,21). The number of nitrogens with one attached hydrogen (secondary N) is 2. The van der Waals surface area contributed by atoms with Gasteiger partial charge in [0.15, 0.2) is 0 Å². The highest BCUT2D eigenvalue weighted by Crippen LogP contribution is 2.24. The van der Waals surface area contributed by atoms with Gasteiger partial charge in [0.05, 0.1) is 5.69 Å². The molecule has 1 heterocycles. The molecule has 0 aliphatic heterocycles. The molecular formula is C16H12BrN3OS. The number of hydrogen-bond donors (Lipinski definition) is 2. The van der Waals surface area contributed by atoms with Gasteiger partial charge in [0.1, 0.15) is 0 Å². The van der Waals surface area contributed by atoms with Crippen molar-refractivity contribution in [2.45, 2.75) is 0 Å². The number of carbonyl (C=O) groups is 1. The van der Waals surface area contributed by atoms with Crippen LogP contribution in [0.25, 0.3) is 11.3 Å². The number of carbonyl (C=O) groups excluding carboxylic acids is 1. The Labute approximate surface area is 140 Å². The topological polar surface area (TPSA) is 54.0 Å². The monoisotopic (exact) mass is 373 g/mol. The highest BCUT2D eigenvalue weighted by molar-refractivity contribution is 9.10. The van der Waals surface area contributed by atoms with Crippen LogP contribution in [-0.2, 0) is 0 Å². The van der Waals surface area contributed by atoms with E-state index in [1.165, 1.54) is 11.3 Å². The summed E-state index contributed by atoms with van der Waals surface area (Å²) in [5.74, 6) is -0.205. The Morgan fingerprint density at radius 2 is 1.77 bits per heavy atom. The van der Waals surface area contributed by atoms with E-state index in [-0.39, 0.29) is 5.91 Å². The molecule has 0 fully saturated rings. The normalized spacial score (nSPS) is 10.2. The molecule has 0 spiro atoms. The fourth-order valence-corrected chi connectivity index (χ4v) is 2.79. The molecule has 0 saturated carbocycles. The van der Waals surface area contributed by atoms with Gasteiger partial charge in [0.2, 0.25) is 5.13 Å². The third-order valence-electron chi connectivity index (χ3n) is 2.96. The van der Waals surface area contributed by atoms with E-state index in [2.05, 4.69) is 31.8 Å². The van der Waals surface area contributed by atoms with Crippen LogP contribution < -0.4 is 10.9 Å². The van der Waals surface area contributed by atoms with Gasteiger partial charge in [-0.25, -0.2) is 4.98 Å². The Balaban J connectivity index is 1.64. The minimum Gasteiger partial charge on any atom is -0.273 e. The molecule has 4 nitrogen and oxygen atoms in total. The van der Waals surface area contributed by atoms with Crippen molar-refractivity contribution in [2.75, 3.05) is 5.43 Å². The SMILES string of the molecule is O=C(NNc1nc(-c2ccccc2)cs1)c1ccc(Br)cc1. The van der Waals surface area contributed by atoms with Crippen LogP contribution >= 0.6 is 27.3 Å². The van der Waals surface area contributed by atoms with E-state index in [1.807, 2.05) is 47.8 Å². The number of amides is 1. The minimum absolute atomic E-state index is 0.205. The maximum atomic E-state index is 12.0. The van der Waals surface area contributed by atoms with E-state index in [1.54, 1.807) is 12.1 Å². The van der Waals surface area contributed by atoms with Crippen LogP contribution in [0.15, 0.2) is 64.5 Å². The van der Waals surface area contributed by atoms with Gasteiger partial charge in [-0.1, -0.05) is 46.3 Å². The lowest BCUT2D eigenvalue weighted by Crippen LogP contribution is -2.29. The summed E-state index contributed by atoms with van der Waals surface area (Å²) >= 11 is 4.78. The van der Waals surface area contributed by atoms with Crippen molar-refractivity contribution >= 4 is 38.3 Å². The van der Waals surface area contributed by atoms with Gasteiger partial charge in [-0.15, -0.1) is 11.3 Å². The predicted molar refractivity (Wildman–Crippen MR) is 92.8 cm³/mol. The van der Waals surface area contributed by atoms with Crippen molar-refractivity contribution in [1.29, 1.82) is 0 Å². The second kappa shape index (κ2) is 6.72. The van der Waals surface area contributed by atoms with Crippen LogP contribution in [0.2, 0.25) is 0 Å². The molecule has 2 N–H and O–H groups in total. The lowest BCUT2D eigenvalue weighted by molar-refractivity contribution is 0.0962. The first-order valence-corrected chi connectivity index (χ1v) is 8.22. The number of rotatable bonds is 4. The van der Waals surface area contributed by atoms with Gasteiger partial charge in [-0.3, -0.25) is 15.6 Å². The highest BCUT2D eigenvalue weighted by Gasteiger charge is 2.07. The summed E-state index contributed by atoms with van der Waals surface area (Å²) in [5, 5.41) is 2.59. The number of anilines is 1. The third-order valence-corrected chi connectivity index (χ3v) is 4.25. The van der Waals surface area contributed by atoms with E-state index < -0.39 is 0 Å². The lowest BCUT2D eigenvalue weighted by Gasteiger charge is -2.05. The van der Waals surface area contributed by atoms with Crippen LogP contribution in [0.4, 0.5) is 5.13 Å². The second-order valence-electron chi connectivity index (χ2n) is 4.49. The molecule has 0 atom stereocenters. The highest BCUT2D eigenvalue weighted by atomic mass is 79.9. The molecule has 0 saturated heterocycles. The Hall–Kier alpha value is -2.18. The molecule has 0 bridgehead atoms. The molecule has 0 aliphatic carbocycles. The summed E-state index contributed by atoms with van der Waals surface area (Å²) in [5.41, 5.74) is 7.99. The number of hydrogen-bond acceptors (Lipinski definition) is 4. The van der Waals surface area contributed by atoms with Gasteiger partial charge in [0.25, 0.3) is 5.91 Å². The Kier molecular flexibility index (Phi) is 4.50. The number of hydrazine groups is 1. The molecule has 0 aliphatic rings. The molecule has 1 aromatic heterocycles. The van der Waals surface area contributed by atoms with E-state index in [0.717, 1.165) is 15.7 Å². The molecule has 3 rings (SSSR count). The van der Waals surface area contributed by atoms with Crippen molar-refractivity contribution < 1.29 is 4.79 Å². The molecule has 3 aromatic rings. The first-order chi connectivity index (χ1) is 10.7. The van der Waals surface area contributed by atoms with Crippen molar-refractivity contribution in [3.8, 4) is 11.3 Å². The number of aromatic nitrogens is 1. The van der Waals surface area contributed by atoms with E-state index >= 15 is 0 Å². The van der Waals surface area contributed by atoms with Crippen molar-refractivity contribution in [3.05, 3.63) is 70.0 Å². The van der Waals surface area contributed by atoms with E-state index in [4.69, 9.17) is 0 Å². The summed E-state index contributed by atoms with van der Waals surface area (Å²) in [7, 11) is 0. The average molecular weight is 374 g/mol. The van der Waals surface area contributed by atoms with Crippen molar-refractivity contribution in [1.82, 2.24) is 10.4 Å². The summed E-state index contributed by atoms with van der Waals surface area (Å²) in [4.78, 5) is 16.4. The number of halogens is 1. The number of nitrogens with zero attached hydrogens (tertiary/aromatic N) is 1. The van der Waals surface area contributed by atoms with Gasteiger partial charge >= 0.3 is 0 Å². The Morgan fingerprint density at radius 3 is 2.50 bits per heavy atom. The lowest BCUT2D eigenvalue weighted by atomic mass is 10.2. The number of benzene rings is 2. The fraction of sp³-hybridized carbons (Fsp3) is 0. The zero-order chi connectivity index (χ0) is 15.4. The van der Waals surface area contributed by atoms with E-state index in [0.29, 0.717) is 10.7 Å². The van der Waals surface area contributed by atoms with Gasteiger partial charge < -0.3 is 0 Å².